The van der Waals surface area contributed by atoms with Gasteiger partial charge in [0.25, 0.3) is 5.56 Å². The fraction of sp³-hybridized carbons (Fsp3) is 0.240. The Morgan fingerprint density at radius 3 is 2.65 bits per heavy atom. The van der Waals surface area contributed by atoms with E-state index in [1.807, 2.05) is 13.8 Å². The molecule has 1 aliphatic rings. The van der Waals surface area contributed by atoms with Crippen LogP contribution in [0.2, 0.25) is 0 Å². The maximum absolute atomic E-state index is 13.8. The van der Waals surface area contributed by atoms with Crippen LogP contribution in [0.3, 0.4) is 0 Å². The van der Waals surface area contributed by atoms with Crippen molar-refractivity contribution in [2.24, 2.45) is 0 Å². The number of imidazole rings is 1. The van der Waals surface area contributed by atoms with Crippen LogP contribution in [-0.4, -0.2) is 25.3 Å². The zero-order valence-corrected chi connectivity index (χ0v) is 18.6. The van der Waals surface area contributed by atoms with Gasteiger partial charge in [-0.25, -0.2) is 9.50 Å². The zero-order valence-electron chi connectivity index (χ0n) is 18.6. The summed E-state index contributed by atoms with van der Waals surface area (Å²) in [6, 6.07) is 11.8. The highest BCUT2D eigenvalue weighted by molar-refractivity contribution is 5.67. The number of hydrogen-bond donors (Lipinski definition) is 1. The van der Waals surface area contributed by atoms with Crippen LogP contribution in [-0.2, 0) is 0 Å². The molecule has 34 heavy (non-hydrogen) atoms. The van der Waals surface area contributed by atoms with Gasteiger partial charge in [0, 0.05) is 17.0 Å². The molecule has 174 valence electrons. The highest BCUT2D eigenvalue weighted by Gasteiger charge is 2.36. The predicted molar refractivity (Wildman–Crippen MR) is 124 cm³/mol. The number of anilines is 1. The van der Waals surface area contributed by atoms with Gasteiger partial charge in [-0.2, -0.15) is 18.3 Å². The van der Waals surface area contributed by atoms with Gasteiger partial charge >= 0.3 is 6.18 Å². The molecule has 6 nitrogen and oxygen atoms in total. The predicted octanol–water partition coefficient (Wildman–Crippen LogP) is 3.65. The lowest BCUT2D eigenvalue weighted by Gasteiger charge is -2.23. The first-order valence-electron chi connectivity index (χ1n) is 10.9. The van der Waals surface area contributed by atoms with E-state index in [-0.39, 0.29) is 18.1 Å². The van der Waals surface area contributed by atoms with Crippen LogP contribution in [0.4, 0.5) is 18.9 Å². The van der Waals surface area contributed by atoms with Crippen molar-refractivity contribution in [3.63, 3.8) is 0 Å². The second-order valence-electron chi connectivity index (χ2n) is 8.36. The topological polar surface area (TPSA) is 64.2 Å². The van der Waals surface area contributed by atoms with E-state index >= 15 is 0 Å². The SMILES string of the molecule is Cc1cn2nccc(N[C@@H](C)c3cc4c(c(=O)n3-c3ccccc3)=C(C(F)(F)F)CCC=4)c2n1. The number of hydrogen-bond acceptors (Lipinski definition) is 4. The van der Waals surface area contributed by atoms with Gasteiger partial charge in [0.05, 0.1) is 35.0 Å². The molecule has 1 aromatic carbocycles. The number of nitrogens with one attached hydrogen (secondary N) is 1. The van der Waals surface area contributed by atoms with Crippen molar-refractivity contribution in [1.29, 1.82) is 0 Å². The van der Waals surface area contributed by atoms with Crippen molar-refractivity contribution >= 4 is 23.0 Å². The molecule has 0 saturated heterocycles. The summed E-state index contributed by atoms with van der Waals surface area (Å²) in [7, 11) is 0. The smallest absolute Gasteiger partial charge is 0.374 e. The quantitative estimate of drug-likeness (QED) is 0.500. The maximum atomic E-state index is 13.8. The van der Waals surface area contributed by atoms with Crippen LogP contribution >= 0.6 is 0 Å². The molecule has 1 N–H and O–H groups in total. The summed E-state index contributed by atoms with van der Waals surface area (Å²) >= 11 is 0. The van der Waals surface area contributed by atoms with E-state index < -0.39 is 23.4 Å². The molecule has 1 atom stereocenters. The molecular weight excluding hydrogens is 443 g/mol. The number of aryl methyl sites for hydroxylation is 1. The van der Waals surface area contributed by atoms with Crippen molar-refractivity contribution < 1.29 is 13.2 Å². The summed E-state index contributed by atoms with van der Waals surface area (Å²) in [6.07, 6.45) is 0.605. The summed E-state index contributed by atoms with van der Waals surface area (Å²) in [5, 5.41) is 7.68. The molecule has 5 rings (SSSR count). The molecule has 4 aromatic rings. The van der Waals surface area contributed by atoms with Crippen LogP contribution < -0.4 is 21.3 Å². The average Bonchev–Trinajstić information content (AvgIpc) is 3.19. The van der Waals surface area contributed by atoms with Crippen molar-refractivity contribution in [1.82, 2.24) is 19.2 Å². The van der Waals surface area contributed by atoms with Gasteiger partial charge in [-0.05, 0) is 56.2 Å². The van der Waals surface area contributed by atoms with Gasteiger partial charge in [0.1, 0.15) is 0 Å². The number of halogens is 3. The van der Waals surface area contributed by atoms with E-state index in [2.05, 4.69) is 15.4 Å². The van der Waals surface area contributed by atoms with Crippen molar-refractivity contribution in [2.45, 2.75) is 38.9 Å². The minimum absolute atomic E-state index is 0.206. The Labute approximate surface area is 192 Å². The van der Waals surface area contributed by atoms with Gasteiger partial charge in [-0.15, -0.1) is 0 Å². The number of benzene rings is 1. The van der Waals surface area contributed by atoms with Gasteiger partial charge < -0.3 is 5.32 Å². The molecule has 3 heterocycles. The number of nitrogens with zero attached hydrogens (tertiary/aromatic N) is 4. The molecule has 0 bridgehead atoms. The van der Waals surface area contributed by atoms with Crippen molar-refractivity contribution in [3.8, 4) is 5.69 Å². The lowest BCUT2D eigenvalue weighted by Crippen LogP contribution is -2.50. The van der Waals surface area contributed by atoms with Crippen molar-refractivity contribution in [3.05, 3.63) is 87.0 Å². The van der Waals surface area contributed by atoms with Gasteiger partial charge in [0.2, 0.25) is 0 Å². The normalized spacial score (nSPS) is 14.6. The van der Waals surface area contributed by atoms with Crippen LogP contribution in [0.25, 0.3) is 23.0 Å². The maximum Gasteiger partial charge on any atom is 0.413 e. The zero-order chi connectivity index (χ0) is 24.0. The molecule has 0 aliphatic heterocycles. The second kappa shape index (κ2) is 8.16. The summed E-state index contributed by atoms with van der Waals surface area (Å²) < 4.78 is 44.4. The summed E-state index contributed by atoms with van der Waals surface area (Å²) in [5.74, 6) is 0. The van der Waals surface area contributed by atoms with E-state index in [9.17, 15) is 18.0 Å². The number of aromatic nitrogens is 4. The fourth-order valence-corrected chi connectivity index (χ4v) is 4.49. The number of pyridine rings is 1. The van der Waals surface area contributed by atoms with Crippen LogP contribution in [0.15, 0.2) is 59.7 Å². The van der Waals surface area contributed by atoms with E-state index in [1.54, 1.807) is 65.4 Å². The molecule has 0 unspecified atom stereocenters. The Kier molecular flexibility index (Phi) is 5.27. The molecule has 3 aromatic heterocycles. The van der Waals surface area contributed by atoms with E-state index in [1.165, 1.54) is 4.57 Å². The molecule has 0 radical (unpaired) electrons. The van der Waals surface area contributed by atoms with E-state index in [4.69, 9.17) is 0 Å². The lowest BCUT2D eigenvalue weighted by atomic mass is 9.98. The van der Waals surface area contributed by atoms with Gasteiger partial charge in [0.15, 0.2) is 5.65 Å². The highest BCUT2D eigenvalue weighted by Crippen LogP contribution is 2.30. The first-order chi connectivity index (χ1) is 16.2. The minimum Gasteiger partial charge on any atom is -0.374 e. The Morgan fingerprint density at radius 2 is 1.91 bits per heavy atom. The fourth-order valence-electron chi connectivity index (χ4n) is 4.49. The molecule has 9 heteroatoms. The lowest BCUT2D eigenvalue weighted by molar-refractivity contribution is -0.0728. The summed E-state index contributed by atoms with van der Waals surface area (Å²) in [5.41, 5.74) is 1.73. The average molecular weight is 465 g/mol. The first-order valence-corrected chi connectivity index (χ1v) is 10.9. The molecule has 1 aliphatic carbocycles. The number of alkyl halides is 3. The molecule has 0 spiro atoms. The largest absolute Gasteiger partial charge is 0.413 e. The molecule has 0 saturated carbocycles. The molecular formula is C25H22F3N5O. The third-order valence-corrected chi connectivity index (χ3v) is 5.98. The van der Waals surface area contributed by atoms with Gasteiger partial charge in [-0.1, -0.05) is 24.3 Å². The number of fused-ring (bicyclic) bond motifs is 2. The Balaban J connectivity index is 1.74. The standard InChI is InChI=1S/C25H22F3N5O/c1-15-14-32-23(30-15)20(11-12-29-32)31-16(2)21-13-17-7-6-10-19(25(26,27)28)22(17)24(34)33(21)18-8-4-3-5-9-18/h3-5,7-9,11-14,16,31H,6,10H2,1-2H3/t16-/m0/s1. The third-order valence-electron chi connectivity index (χ3n) is 5.98. The number of rotatable bonds is 4. The minimum atomic E-state index is -4.57. The third kappa shape index (κ3) is 3.76. The van der Waals surface area contributed by atoms with Crippen LogP contribution in [0.5, 0.6) is 0 Å². The van der Waals surface area contributed by atoms with E-state index in [0.717, 1.165) is 5.69 Å². The van der Waals surface area contributed by atoms with Crippen molar-refractivity contribution in [2.75, 3.05) is 5.32 Å². The Bertz CT molecular complexity index is 1570. The Hall–Kier alpha value is -3.88. The van der Waals surface area contributed by atoms with Gasteiger partial charge in [-0.3, -0.25) is 9.36 Å². The van der Waals surface area contributed by atoms with Crippen LogP contribution in [0, 0.1) is 6.92 Å². The monoisotopic (exact) mass is 465 g/mol. The highest BCUT2D eigenvalue weighted by atomic mass is 19.4. The summed E-state index contributed by atoms with van der Waals surface area (Å²) in [4.78, 5) is 18.1. The Morgan fingerprint density at radius 1 is 1.15 bits per heavy atom. The second-order valence-corrected chi connectivity index (χ2v) is 8.36. The summed E-state index contributed by atoms with van der Waals surface area (Å²) in [6.45, 7) is 3.73. The number of para-hydroxylation sites is 1. The first kappa shape index (κ1) is 21.9. The molecule has 0 fully saturated rings. The van der Waals surface area contributed by atoms with Crippen LogP contribution in [0.1, 0.15) is 37.2 Å². The van der Waals surface area contributed by atoms with E-state index in [0.29, 0.717) is 27.9 Å². The molecule has 0 amide bonds.